The Bertz CT molecular complexity index is 967. The molecule has 1 N–H and O–H groups in total. The van der Waals surface area contributed by atoms with E-state index in [1.54, 1.807) is 22.9 Å². The van der Waals surface area contributed by atoms with Crippen molar-refractivity contribution in [1.82, 2.24) is 9.78 Å². The van der Waals surface area contributed by atoms with Crippen LogP contribution in [0.1, 0.15) is 28.2 Å². The zero-order chi connectivity index (χ0) is 17.4. The predicted octanol–water partition coefficient (Wildman–Crippen LogP) is 4.51. The number of carbonyl (C=O) groups is 1. The molecule has 6 heteroatoms. The summed E-state index contributed by atoms with van der Waals surface area (Å²) >= 11 is 3.42. The minimum Gasteiger partial charge on any atom is -0.320 e. The lowest BCUT2D eigenvalue weighted by Gasteiger charge is -2.07. The lowest BCUT2D eigenvalue weighted by atomic mass is 10.2. The second-order valence-corrected chi connectivity index (χ2v) is 6.78. The van der Waals surface area contributed by atoms with Crippen LogP contribution in [0.25, 0.3) is 5.69 Å². The standard InChI is InChI=1S/C19H15BrFN3O/c20-13-7-1-3-9-15(13)22-19(25)18-12-6-5-11-16(12)24(23-18)17-10-4-2-8-14(17)21/h1-4,7-10H,5-6,11H2,(H,22,25). The van der Waals surface area contributed by atoms with Crippen LogP contribution in [-0.2, 0) is 12.8 Å². The third kappa shape index (κ3) is 2.87. The maximum absolute atomic E-state index is 14.2. The van der Waals surface area contributed by atoms with Gasteiger partial charge in [0.1, 0.15) is 11.5 Å². The Hall–Kier alpha value is -2.47. The van der Waals surface area contributed by atoms with E-state index in [1.165, 1.54) is 6.07 Å². The quantitative estimate of drug-likeness (QED) is 0.703. The normalized spacial score (nSPS) is 12.9. The van der Waals surface area contributed by atoms with E-state index in [4.69, 9.17) is 0 Å². The van der Waals surface area contributed by atoms with E-state index in [-0.39, 0.29) is 11.7 Å². The van der Waals surface area contributed by atoms with Crippen LogP contribution in [0, 0.1) is 5.82 Å². The summed E-state index contributed by atoms with van der Waals surface area (Å²) in [5.41, 5.74) is 3.25. The van der Waals surface area contributed by atoms with Gasteiger partial charge in [0.15, 0.2) is 5.69 Å². The molecule has 0 atom stereocenters. The van der Waals surface area contributed by atoms with Crippen LogP contribution in [0.5, 0.6) is 0 Å². The molecule has 1 heterocycles. The number of para-hydroxylation sites is 2. The Morgan fingerprint density at radius 3 is 2.68 bits per heavy atom. The van der Waals surface area contributed by atoms with Gasteiger partial charge in [0.05, 0.1) is 5.69 Å². The van der Waals surface area contributed by atoms with Crippen LogP contribution in [0.15, 0.2) is 53.0 Å². The average molecular weight is 400 g/mol. The van der Waals surface area contributed by atoms with Gasteiger partial charge >= 0.3 is 0 Å². The van der Waals surface area contributed by atoms with Crippen LogP contribution in [0.3, 0.4) is 0 Å². The zero-order valence-electron chi connectivity index (χ0n) is 13.3. The Kier molecular flexibility index (Phi) is 4.13. The molecule has 0 fully saturated rings. The van der Waals surface area contributed by atoms with Gasteiger partial charge in [-0.2, -0.15) is 5.10 Å². The van der Waals surface area contributed by atoms with E-state index < -0.39 is 0 Å². The molecule has 4 rings (SSSR count). The van der Waals surface area contributed by atoms with E-state index in [0.29, 0.717) is 17.1 Å². The molecule has 0 aliphatic heterocycles. The van der Waals surface area contributed by atoms with Gasteiger partial charge in [-0.3, -0.25) is 4.79 Å². The first-order valence-corrected chi connectivity index (χ1v) is 8.86. The van der Waals surface area contributed by atoms with Crippen LogP contribution >= 0.6 is 15.9 Å². The maximum Gasteiger partial charge on any atom is 0.276 e. The fraction of sp³-hybridized carbons (Fsp3) is 0.158. The Morgan fingerprint density at radius 1 is 1.12 bits per heavy atom. The number of hydrogen-bond acceptors (Lipinski definition) is 2. The molecule has 4 nitrogen and oxygen atoms in total. The van der Waals surface area contributed by atoms with Gasteiger partial charge in [-0.25, -0.2) is 9.07 Å². The van der Waals surface area contributed by atoms with Gasteiger partial charge in [0, 0.05) is 15.7 Å². The van der Waals surface area contributed by atoms with E-state index in [2.05, 4.69) is 26.3 Å². The second-order valence-electron chi connectivity index (χ2n) is 5.92. The van der Waals surface area contributed by atoms with Crippen LogP contribution in [0.4, 0.5) is 10.1 Å². The van der Waals surface area contributed by atoms with Crippen molar-refractivity contribution in [3.8, 4) is 5.69 Å². The number of nitrogens with zero attached hydrogens (tertiary/aromatic N) is 2. The Morgan fingerprint density at radius 2 is 1.88 bits per heavy atom. The summed E-state index contributed by atoms with van der Waals surface area (Å²) < 4.78 is 16.6. The Labute approximate surface area is 152 Å². The Balaban J connectivity index is 1.74. The second kappa shape index (κ2) is 6.44. The number of nitrogens with one attached hydrogen (secondary N) is 1. The van der Waals surface area contributed by atoms with Crippen molar-refractivity contribution in [2.45, 2.75) is 19.3 Å². The molecule has 0 spiro atoms. The minimum atomic E-state index is -0.350. The third-order valence-electron chi connectivity index (χ3n) is 4.35. The maximum atomic E-state index is 14.2. The average Bonchev–Trinajstić information content (AvgIpc) is 3.20. The van der Waals surface area contributed by atoms with E-state index >= 15 is 0 Å². The summed E-state index contributed by atoms with van der Waals surface area (Å²) in [6.45, 7) is 0. The van der Waals surface area contributed by atoms with Crippen molar-refractivity contribution in [1.29, 1.82) is 0 Å². The molecular weight excluding hydrogens is 385 g/mol. The summed E-state index contributed by atoms with van der Waals surface area (Å²) in [5.74, 6) is -0.627. The first kappa shape index (κ1) is 16.0. The predicted molar refractivity (Wildman–Crippen MR) is 97.6 cm³/mol. The fourth-order valence-electron chi connectivity index (χ4n) is 3.19. The summed E-state index contributed by atoms with van der Waals surface area (Å²) in [6, 6.07) is 13.9. The van der Waals surface area contributed by atoms with Crippen molar-refractivity contribution in [3.63, 3.8) is 0 Å². The molecule has 25 heavy (non-hydrogen) atoms. The van der Waals surface area contributed by atoms with Crippen LogP contribution < -0.4 is 5.32 Å². The highest BCUT2D eigenvalue weighted by Gasteiger charge is 2.28. The van der Waals surface area contributed by atoms with Crippen molar-refractivity contribution < 1.29 is 9.18 Å². The van der Waals surface area contributed by atoms with Crippen LogP contribution in [0.2, 0.25) is 0 Å². The lowest BCUT2D eigenvalue weighted by Crippen LogP contribution is -2.15. The third-order valence-corrected chi connectivity index (χ3v) is 5.04. The van der Waals surface area contributed by atoms with Gasteiger partial charge in [0.25, 0.3) is 5.91 Å². The first-order valence-electron chi connectivity index (χ1n) is 8.06. The molecule has 0 saturated carbocycles. The van der Waals surface area contributed by atoms with Crippen molar-refractivity contribution in [2.75, 3.05) is 5.32 Å². The molecular formula is C19H15BrFN3O. The summed E-state index contributed by atoms with van der Waals surface area (Å²) in [5, 5.41) is 7.32. The molecule has 2 aromatic carbocycles. The number of carbonyl (C=O) groups excluding carboxylic acids is 1. The molecule has 1 amide bonds. The van der Waals surface area contributed by atoms with Crippen molar-refractivity contribution in [2.24, 2.45) is 0 Å². The summed E-state index contributed by atoms with van der Waals surface area (Å²) in [7, 11) is 0. The number of hydrogen-bond donors (Lipinski definition) is 1. The number of rotatable bonds is 3. The number of amides is 1. The molecule has 0 radical (unpaired) electrons. The fourth-order valence-corrected chi connectivity index (χ4v) is 3.57. The number of aromatic nitrogens is 2. The van der Waals surface area contributed by atoms with Crippen molar-refractivity contribution >= 4 is 27.5 Å². The molecule has 1 aliphatic rings. The number of anilines is 1. The molecule has 3 aromatic rings. The largest absolute Gasteiger partial charge is 0.320 e. The number of benzene rings is 2. The number of fused-ring (bicyclic) bond motifs is 1. The molecule has 1 aliphatic carbocycles. The molecule has 0 unspecified atom stereocenters. The first-order chi connectivity index (χ1) is 12.1. The lowest BCUT2D eigenvalue weighted by molar-refractivity contribution is 0.102. The van der Waals surface area contributed by atoms with Gasteiger partial charge in [-0.05, 0) is 59.5 Å². The number of halogens is 2. The monoisotopic (exact) mass is 399 g/mol. The molecule has 1 aromatic heterocycles. The molecule has 126 valence electrons. The summed E-state index contributed by atoms with van der Waals surface area (Å²) in [4.78, 5) is 12.8. The van der Waals surface area contributed by atoms with Gasteiger partial charge < -0.3 is 5.32 Å². The highest BCUT2D eigenvalue weighted by molar-refractivity contribution is 9.10. The summed E-state index contributed by atoms with van der Waals surface area (Å²) in [6.07, 6.45) is 2.51. The van der Waals surface area contributed by atoms with E-state index in [0.717, 1.165) is 35.0 Å². The highest BCUT2D eigenvalue weighted by Crippen LogP contribution is 2.30. The van der Waals surface area contributed by atoms with E-state index in [9.17, 15) is 9.18 Å². The van der Waals surface area contributed by atoms with Crippen molar-refractivity contribution in [3.05, 3.63) is 75.8 Å². The SMILES string of the molecule is O=C(Nc1ccccc1Br)c1nn(-c2ccccc2F)c2c1CCC2. The van der Waals surface area contributed by atoms with Gasteiger partial charge in [0.2, 0.25) is 0 Å². The topological polar surface area (TPSA) is 46.9 Å². The highest BCUT2D eigenvalue weighted by atomic mass is 79.9. The smallest absolute Gasteiger partial charge is 0.276 e. The minimum absolute atomic E-state index is 0.278. The van der Waals surface area contributed by atoms with Crippen LogP contribution in [-0.4, -0.2) is 15.7 Å². The molecule has 0 saturated heterocycles. The van der Waals surface area contributed by atoms with Gasteiger partial charge in [-0.15, -0.1) is 0 Å². The van der Waals surface area contributed by atoms with E-state index in [1.807, 2.05) is 24.3 Å². The molecule has 0 bridgehead atoms. The zero-order valence-corrected chi connectivity index (χ0v) is 14.9. The van der Waals surface area contributed by atoms with Gasteiger partial charge in [-0.1, -0.05) is 24.3 Å².